The largest absolute Gasteiger partial charge is 0.344 e. The van der Waals surface area contributed by atoms with Crippen molar-refractivity contribution in [2.75, 3.05) is 5.75 Å². The molecule has 42 heavy (non-hydrogen) atoms. The molecule has 0 fully saturated rings. The van der Waals surface area contributed by atoms with Gasteiger partial charge in [-0.05, 0) is 60.0 Å². The van der Waals surface area contributed by atoms with Crippen LogP contribution in [0.15, 0.2) is 93.8 Å². The fourth-order valence-corrected chi connectivity index (χ4v) is 6.95. The van der Waals surface area contributed by atoms with E-state index in [-0.39, 0.29) is 30.2 Å². The summed E-state index contributed by atoms with van der Waals surface area (Å²) in [6.07, 6.45) is 0.660. The normalized spacial score (nSPS) is 14.7. The summed E-state index contributed by atoms with van der Waals surface area (Å²) in [5.74, 6) is 0.444. The van der Waals surface area contributed by atoms with Gasteiger partial charge in [-0.25, -0.2) is 5.01 Å². The topological polar surface area (TPSA) is 92.5 Å². The van der Waals surface area contributed by atoms with Gasteiger partial charge in [0.2, 0.25) is 0 Å². The maximum Gasteiger partial charge on any atom is 0.261 e. The van der Waals surface area contributed by atoms with Gasteiger partial charge >= 0.3 is 0 Å². The lowest BCUT2D eigenvalue weighted by Gasteiger charge is -2.22. The van der Waals surface area contributed by atoms with Crippen molar-refractivity contribution in [3.63, 3.8) is 0 Å². The van der Waals surface area contributed by atoms with Gasteiger partial charge in [0.15, 0.2) is 11.0 Å². The van der Waals surface area contributed by atoms with Gasteiger partial charge in [0.1, 0.15) is 0 Å². The monoisotopic (exact) mass is 612 g/mol. The summed E-state index contributed by atoms with van der Waals surface area (Å²) in [7, 11) is 0. The molecule has 3 aromatic heterocycles. The Morgan fingerprint density at radius 2 is 1.76 bits per heavy atom. The standard InChI is InChI=1S/C31H28N6O2S3/c1-20-10-12-22(13-11-20)25-17-24(26-8-4-14-40-26)35-37(25)29(38)19-42-31-34-33-28(18-32-30(39)27-9-5-15-41-27)36(31)23-7-3-6-21(2)16-23/h3-16,25H,17-19H2,1-2H3,(H,32,39). The Morgan fingerprint density at radius 1 is 0.952 bits per heavy atom. The molecule has 1 atom stereocenters. The third-order valence-corrected chi connectivity index (χ3v) is 9.57. The van der Waals surface area contributed by atoms with Crippen molar-refractivity contribution < 1.29 is 9.59 Å². The van der Waals surface area contributed by atoms with Gasteiger partial charge in [0.05, 0.1) is 33.8 Å². The molecule has 1 aliphatic heterocycles. The van der Waals surface area contributed by atoms with Crippen molar-refractivity contribution in [1.82, 2.24) is 25.1 Å². The van der Waals surface area contributed by atoms with Crippen molar-refractivity contribution in [3.05, 3.63) is 116 Å². The highest BCUT2D eigenvalue weighted by molar-refractivity contribution is 7.99. The summed E-state index contributed by atoms with van der Waals surface area (Å²) < 4.78 is 1.90. The smallest absolute Gasteiger partial charge is 0.261 e. The summed E-state index contributed by atoms with van der Waals surface area (Å²) >= 11 is 4.33. The molecule has 0 saturated heterocycles. The van der Waals surface area contributed by atoms with E-state index in [9.17, 15) is 9.59 Å². The lowest BCUT2D eigenvalue weighted by atomic mass is 10.00. The Labute approximate surface area is 256 Å². The minimum atomic E-state index is -0.173. The molecule has 0 radical (unpaired) electrons. The second kappa shape index (κ2) is 12.4. The quantitative estimate of drug-likeness (QED) is 0.194. The predicted molar refractivity (Wildman–Crippen MR) is 169 cm³/mol. The highest BCUT2D eigenvalue weighted by Gasteiger charge is 2.33. The maximum atomic E-state index is 13.7. The van der Waals surface area contributed by atoms with E-state index in [0.717, 1.165) is 27.4 Å². The molecular formula is C31H28N6O2S3. The minimum absolute atomic E-state index is 0.108. The number of hydrogen-bond donors (Lipinski definition) is 1. The Hall–Kier alpha value is -4.06. The van der Waals surface area contributed by atoms with Crippen LogP contribution in [0.3, 0.4) is 0 Å². The number of hydrazone groups is 1. The van der Waals surface area contributed by atoms with Gasteiger partial charge in [-0.15, -0.1) is 32.9 Å². The number of benzene rings is 2. The molecule has 0 aliphatic carbocycles. The summed E-state index contributed by atoms with van der Waals surface area (Å²) in [6.45, 7) is 4.27. The van der Waals surface area contributed by atoms with Crippen LogP contribution in [0.5, 0.6) is 0 Å². The first-order chi connectivity index (χ1) is 20.5. The van der Waals surface area contributed by atoms with Crippen LogP contribution in [0.4, 0.5) is 0 Å². The number of aromatic nitrogens is 3. The van der Waals surface area contributed by atoms with Gasteiger partial charge in [0, 0.05) is 12.1 Å². The number of carbonyl (C=O) groups is 2. The summed E-state index contributed by atoms with van der Waals surface area (Å²) in [5, 5.41) is 22.7. The molecule has 6 rings (SSSR count). The molecule has 8 nitrogen and oxygen atoms in total. The van der Waals surface area contributed by atoms with Crippen LogP contribution in [-0.4, -0.2) is 43.1 Å². The van der Waals surface area contributed by atoms with E-state index >= 15 is 0 Å². The fraction of sp³-hybridized carbons (Fsp3) is 0.194. The first-order valence-corrected chi connectivity index (χ1v) is 16.2. The zero-order valence-electron chi connectivity index (χ0n) is 23.1. The van der Waals surface area contributed by atoms with Crippen molar-refractivity contribution in [3.8, 4) is 5.69 Å². The van der Waals surface area contributed by atoms with E-state index < -0.39 is 0 Å². The van der Waals surface area contributed by atoms with Crippen LogP contribution < -0.4 is 5.32 Å². The number of hydrogen-bond acceptors (Lipinski definition) is 8. The number of amides is 2. The van der Waals surface area contributed by atoms with Gasteiger partial charge in [-0.1, -0.05) is 65.9 Å². The van der Waals surface area contributed by atoms with Crippen LogP contribution >= 0.6 is 34.4 Å². The van der Waals surface area contributed by atoms with E-state index in [2.05, 4.69) is 46.7 Å². The molecule has 4 heterocycles. The van der Waals surface area contributed by atoms with E-state index in [0.29, 0.717) is 22.3 Å². The summed E-state index contributed by atoms with van der Waals surface area (Å²) in [6, 6.07) is 23.8. The van der Waals surface area contributed by atoms with Gasteiger partial charge in [0.25, 0.3) is 11.8 Å². The van der Waals surface area contributed by atoms with Crippen LogP contribution in [0.1, 0.15) is 49.5 Å². The van der Waals surface area contributed by atoms with Crippen LogP contribution in [-0.2, 0) is 11.3 Å². The second-order valence-electron chi connectivity index (χ2n) is 9.91. The van der Waals surface area contributed by atoms with Crippen LogP contribution in [0, 0.1) is 13.8 Å². The van der Waals surface area contributed by atoms with E-state index in [4.69, 9.17) is 5.10 Å². The fourth-order valence-electron chi connectivity index (χ4n) is 4.76. The number of thioether (sulfide) groups is 1. The van der Waals surface area contributed by atoms with Gasteiger partial charge in [-0.2, -0.15) is 5.10 Å². The lowest BCUT2D eigenvalue weighted by molar-refractivity contribution is -0.130. The van der Waals surface area contributed by atoms with E-state index in [1.54, 1.807) is 22.4 Å². The first-order valence-electron chi connectivity index (χ1n) is 13.4. The van der Waals surface area contributed by atoms with Gasteiger partial charge < -0.3 is 5.32 Å². The van der Waals surface area contributed by atoms with Crippen LogP contribution in [0.2, 0.25) is 0 Å². The van der Waals surface area contributed by atoms with Crippen molar-refractivity contribution in [2.24, 2.45) is 5.10 Å². The Balaban J connectivity index is 1.24. The number of thiophene rings is 2. The second-order valence-corrected chi connectivity index (χ2v) is 12.8. The molecule has 2 amide bonds. The van der Waals surface area contributed by atoms with Gasteiger partial charge in [-0.3, -0.25) is 14.2 Å². The molecule has 1 unspecified atom stereocenters. The highest BCUT2D eigenvalue weighted by atomic mass is 32.2. The molecule has 11 heteroatoms. The number of rotatable bonds is 9. The lowest BCUT2D eigenvalue weighted by Crippen LogP contribution is -2.28. The van der Waals surface area contributed by atoms with Crippen molar-refractivity contribution in [1.29, 1.82) is 0 Å². The number of nitrogens with zero attached hydrogens (tertiary/aromatic N) is 5. The molecule has 5 aromatic rings. The van der Waals surface area contributed by atoms with Crippen LogP contribution in [0.25, 0.3) is 5.69 Å². The first kappa shape index (κ1) is 28.1. The number of carbonyl (C=O) groups excluding carboxylic acids is 2. The van der Waals surface area contributed by atoms with Crippen molar-refractivity contribution >= 4 is 52.0 Å². The summed E-state index contributed by atoms with van der Waals surface area (Å²) in [5.41, 5.74) is 5.09. The average Bonchev–Trinajstić information content (AvgIpc) is 3.81. The molecule has 1 aliphatic rings. The Kier molecular flexibility index (Phi) is 8.31. The SMILES string of the molecule is Cc1ccc(C2CC(c3cccs3)=NN2C(=O)CSc2nnc(CNC(=O)c3cccs3)n2-c2cccc(C)c2)cc1. The third kappa shape index (κ3) is 6.08. The average molecular weight is 613 g/mol. The maximum absolute atomic E-state index is 13.7. The molecule has 212 valence electrons. The van der Waals surface area contributed by atoms with E-state index in [1.807, 2.05) is 64.7 Å². The number of nitrogens with one attached hydrogen (secondary N) is 1. The predicted octanol–water partition coefficient (Wildman–Crippen LogP) is 6.41. The van der Waals surface area contributed by atoms with Crippen molar-refractivity contribution in [2.45, 2.75) is 38.0 Å². The molecule has 2 aromatic carbocycles. The Morgan fingerprint density at radius 3 is 2.50 bits per heavy atom. The Bertz CT molecular complexity index is 1730. The summed E-state index contributed by atoms with van der Waals surface area (Å²) in [4.78, 5) is 28.0. The molecule has 0 saturated carbocycles. The molecular weight excluding hydrogens is 585 g/mol. The molecule has 0 spiro atoms. The zero-order valence-corrected chi connectivity index (χ0v) is 25.5. The van der Waals surface area contributed by atoms with E-state index in [1.165, 1.54) is 28.7 Å². The highest BCUT2D eigenvalue weighted by Crippen LogP contribution is 2.35. The third-order valence-electron chi connectivity index (χ3n) is 6.87. The number of aryl methyl sites for hydroxylation is 2. The molecule has 0 bridgehead atoms. The minimum Gasteiger partial charge on any atom is -0.344 e. The molecule has 1 N–H and O–H groups in total. The zero-order chi connectivity index (χ0) is 29.1.